The molecule has 148 valence electrons. The molecule has 1 heterocycles. The Bertz CT molecular complexity index is 995. The summed E-state index contributed by atoms with van der Waals surface area (Å²) in [6, 6.07) is 14.8. The van der Waals surface area contributed by atoms with Crippen LogP contribution in [0.2, 0.25) is 0 Å². The molecular weight excluding hydrogens is 344 g/mol. The quantitative estimate of drug-likeness (QED) is 0.578. The predicted molar refractivity (Wildman–Crippen MR) is 118 cm³/mol. The molecule has 1 aromatic heterocycles. The summed E-state index contributed by atoms with van der Waals surface area (Å²) in [6.07, 6.45) is 3.46. The molecule has 0 unspecified atom stereocenters. The maximum Gasteiger partial charge on any atom is 0.231 e. The van der Waals surface area contributed by atoms with Gasteiger partial charge < -0.3 is 4.90 Å². The number of likely N-dealkylation sites (N-methyl/N-ethyl adjacent to an activating group) is 1. The molecule has 2 aromatic carbocycles. The summed E-state index contributed by atoms with van der Waals surface area (Å²) in [4.78, 5) is 15.5. The standard InChI is InChI=1S/C25H32N2O/c1-18-11-12-22(19(2)15-18)25(3,4)16-24(28)27-17-20(13-14-26(5)6)21-9-7-8-10-23(21)27/h7-12,15,17H,13-14,16H2,1-6H3. The molecule has 3 heteroatoms. The van der Waals surface area contributed by atoms with E-state index in [1.54, 1.807) is 0 Å². The second-order valence-electron chi connectivity index (χ2n) is 8.87. The summed E-state index contributed by atoms with van der Waals surface area (Å²) in [6.45, 7) is 9.55. The van der Waals surface area contributed by atoms with E-state index in [9.17, 15) is 4.79 Å². The number of benzene rings is 2. The lowest BCUT2D eigenvalue weighted by molar-refractivity contribution is 0.0881. The fraction of sp³-hybridized carbons (Fsp3) is 0.400. The molecule has 0 aliphatic rings. The van der Waals surface area contributed by atoms with Gasteiger partial charge in [0.25, 0.3) is 0 Å². The van der Waals surface area contributed by atoms with Crippen molar-refractivity contribution in [3.8, 4) is 0 Å². The summed E-state index contributed by atoms with van der Waals surface area (Å²) in [5.74, 6) is 0.150. The van der Waals surface area contributed by atoms with E-state index in [0.717, 1.165) is 18.5 Å². The van der Waals surface area contributed by atoms with E-state index < -0.39 is 0 Å². The third-order valence-electron chi connectivity index (χ3n) is 5.60. The van der Waals surface area contributed by atoms with Crippen LogP contribution in [0, 0.1) is 13.8 Å². The van der Waals surface area contributed by atoms with Gasteiger partial charge in [0.2, 0.25) is 5.91 Å². The van der Waals surface area contributed by atoms with Crippen LogP contribution in [-0.2, 0) is 11.8 Å². The highest BCUT2D eigenvalue weighted by molar-refractivity contribution is 5.95. The van der Waals surface area contributed by atoms with Crippen molar-refractivity contribution in [1.82, 2.24) is 9.47 Å². The predicted octanol–water partition coefficient (Wildman–Crippen LogP) is 5.37. The molecule has 0 saturated heterocycles. The van der Waals surface area contributed by atoms with Gasteiger partial charge in [-0.25, -0.2) is 0 Å². The number of carbonyl (C=O) groups is 1. The van der Waals surface area contributed by atoms with E-state index in [4.69, 9.17) is 0 Å². The molecule has 0 fully saturated rings. The van der Waals surface area contributed by atoms with Crippen LogP contribution >= 0.6 is 0 Å². The molecule has 0 aliphatic carbocycles. The third kappa shape index (κ3) is 4.20. The van der Waals surface area contributed by atoms with Crippen LogP contribution in [0.15, 0.2) is 48.7 Å². The zero-order valence-electron chi connectivity index (χ0n) is 18.0. The van der Waals surface area contributed by atoms with E-state index in [0.29, 0.717) is 6.42 Å². The number of rotatable bonds is 6. The Hall–Kier alpha value is -2.39. The van der Waals surface area contributed by atoms with E-state index in [-0.39, 0.29) is 11.3 Å². The van der Waals surface area contributed by atoms with Crippen molar-refractivity contribution >= 4 is 16.8 Å². The average molecular weight is 377 g/mol. The number of hydrogen-bond acceptors (Lipinski definition) is 2. The van der Waals surface area contributed by atoms with Crippen LogP contribution in [0.25, 0.3) is 10.9 Å². The Morgan fingerprint density at radius 3 is 2.46 bits per heavy atom. The molecule has 0 N–H and O–H groups in total. The molecule has 28 heavy (non-hydrogen) atoms. The normalized spacial score (nSPS) is 12.1. The summed E-state index contributed by atoms with van der Waals surface area (Å²) in [5.41, 5.74) is 5.78. The Morgan fingerprint density at radius 1 is 1.07 bits per heavy atom. The Morgan fingerprint density at radius 2 is 1.79 bits per heavy atom. The summed E-state index contributed by atoms with van der Waals surface area (Å²) < 4.78 is 1.87. The summed E-state index contributed by atoms with van der Waals surface area (Å²) >= 11 is 0. The van der Waals surface area contributed by atoms with Crippen LogP contribution in [0.5, 0.6) is 0 Å². The number of para-hydroxylation sites is 1. The molecule has 3 nitrogen and oxygen atoms in total. The van der Waals surface area contributed by atoms with Crippen LogP contribution in [0.1, 0.15) is 47.3 Å². The second-order valence-corrected chi connectivity index (χ2v) is 8.87. The van der Waals surface area contributed by atoms with Crippen molar-refractivity contribution < 1.29 is 4.79 Å². The lowest BCUT2D eigenvalue weighted by atomic mass is 9.78. The molecule has 3 aromatic rings. The van der Waals surface area contributed by atoms with Gasteiger partial charge in [0.1, 0.15) is 0 Å². The van der Waals surface area contributed by atoms with E-state index in [2.05, 4.69) is 89.3 Å². The minimum atomic E-state index is -0.218. The van der Waals surface area contributed by atoms with Crippen LogP contribution in [0.4, 0.5) is 0 Å². The Kier molecular flexibility index (Phi) is 5.76. The number of fused-ring (bicyclic) bond motifs is 1. The molecule has 0 saturated carbocycles. The van der Waals surface area contributed by atoms with Gasteiger partial charge in [-0.3, -0.25) is 9.36 Å². The molecule has 0 spiro atoms. The monoisotopic (exact) mass is 376 g/mol. The largest absolute Gasteiger partial charge is 0.309 e. The first-order chi connectivity index (χ1) is 13.2. The van der Waals surface area contributed by atoms with Gasteiger partial charge in [0.05, 0.1) is 5.52 Å². The molecule has 0 radical (unpaired) electrons. The maximum atomic E-state index is 13.3. The van der Waals surface area contributed by atoms with Crippen molar-refractivity contribution in [2.24, 2.45) is 0 Å². The summed E-state index contributed by atoms with van der Waals surface area (Å²) in [5, 5.41) is 1.18. The van der Waals surface area contributed by atoms with E-state index >= 15 is 0 Å². The highest BCUT2D eigenvalue weighted by Crippen LogP contribution is 2.32. The number of aryl methyl sites for hydroxylation is 2. The highest BCUT2D eigenvalue weighted by Gasteiger charge is 2.27. The lowest BCUT2D eigenvalue weighted by Gasteiger charge is -2.27. The Labute approximate surface area is 169 Å². The number of aromatic nitrogens is 1. The first-order valence-corrected chi connectivity index (χ1v) is 10.0. The molecule has 0 bridgehead atoms. The zero-order chi connectivity index (χ0) is 20.5. The molecule has 3 rings (SSSR count). The molecule has 0 aliphatic heterocycles. The van der Waals surface area contributed by atoms with Gasteiger partial charge in [-0.15, -0.1) is 0 Å². The van der Waals surface area contributed by atoms with Crippen molar-refractivity contribution in [2.75, 3.05) is 20.6 Å². The van der Waals surface area contributed by atoms with E-state index in [1.165, 1.54) is 27.6 Å². The Balaban J connectivity index is 1.92. The van der Waals surface area contributed by atoms with Gasteiger partial charge in [-0.2, -0.15) is 0 Å². The van der Waals surface area contributed by atoms with Crippen LogP contribution in [-0.4, -0.2) is 36.0 Å². The number of hydrogen-bond donors (Lipinski definition) is 0. The minimum absolute atomic E-state index is 0.150. The van der Waals surface area contributed by atoms with Crippen molar-refractivity contribution in [2.45, 2.75) is 46.0 Å². The van der Waals surface area contributed by atoms with Crippen molar-refractivity contribution in [3.63, 3.8) is 0 Å². The minimum Gasteiger partial charge on any atom is -0.309 e. The first-order valence-electron chi connectivity index (χ1n) is 10.0. The zero-order valence-corrected chi connectivity index (χ0v) is 18.0. The third-order valence-corrected chi connectivity index (χ3v) is 5.60. The van der Waals surface area contributed by atoms with Gasteiger partial charge in [-0.1, -0.05) is 55.8 Å². The van der Waals surface area contributed by atoms with Gasteiger partial charge in [-0.05, 0) is 62.5 Å². The number of nitrogens with zero attached hydrogens (tertiary/aromatic N) is 2. The van der Waals surface area contributed by atoms with Gasteiger partial charge >= 0.3 is 0 Å². The first kappa shape index (κ1) is 20.3. The maximum absolute atomic E-state index is 13.3. The molecular formula is C25H32N2O. The fourth-order valence-electron chi connectivity index (χ4n) is 4.13. The fourth-order valence-corrected chi connectivity index (χ4v) is 4.13. The lowest BCUT2D eigenvalue weighted by Crippen LogP contribution is -2.26. The van der Waals surface area contributed by atoms with Crippen molar-refractivity contribution in [1.29, 1.82) is 0 Å². The molecule has 0 amide bonds. The van der Waals surface area contributed by atoms with Crippen molar-refractivity contribution in [3.05, 3.63) is 70.9 Å². The van der Waals surface area contributed by atoms with Gasteiger partial charge in [0, 0.05) is 24.5 Å². The number of carbonyl (C=O) groups excluding carboxylic acids is 1. The average Bonchev–Trinajstić information content (AvgIpc) is 2.98. The van der Waals surface area contributed by atoms with Crippen LogP contribution in [0.3, 0.4) is 0 Å². The van der Waals surface area contributed by atoms with Crippen LogP contribution < -0.4 is 0 Å². The topological polar surface area (TPSA) is 25.2 Å². The summed E-state index contributed by atoms with van der Waals surface area (Å²) in [7, 11) is 4.16. The smallest absolute Gasteiger partial charge is 0.231 e. The highest BCUT2D eigenvalue weighted by atomic mass is 16.2. The van der Waals surface area contributed by atoms with Gasteiger partial charge in [0.15, 0.2) is 0 Å². The second kappa shape index (κ2) is 7.92. The van der Waals surface area contributed by atoms with E-state index in [1.807, 2.05) is 10.6 Å². The molecule has 0 atom stereocenters. The SMILES string of the molecule is Cc1ccc(C(C)(C)CC(=O)n2cc(CCN(C)C)c3ccccc32)c(C)c1.